The average molecular weight is 2250 g/mol. The molecule has 8 rings (SSSR count). The van der Waals surface area contributed by atoms with Gasteiger partial charge < -0.3 is 205 Å². The van der Waals surface area contributed by atoms with E-state index in [0.29, 0.717) is 12.8 Å². The van der Waals surface area contributed by atoms with Gasteiger partial charge in [-0.3, -0.25) is 4.79 Å². The molecule has 8 saturated heterocycles. The molecule has 2 radical (unpaired) electrons. The fourth-order valence-electron chi connectivity index (χ4n) is 16.7. The van der Waals surface area contributed by atoms with Crippen molar-refractivity contribution in [1.82, 2.24) is 5.32 Å². The number of aliphatic hydroxyl groups is 22. The maximum absolute atomic E-state index is 13.7. The molecule has 126 heavy (non-hydrogen) atoms. The summed E-state index contributed by atoms with van der Waals surface area (Å²) < 4.78 is 96.3. The first kappa shape index (κ1) is 115. The van der Waals surface area contributed by atoms with E-state index in [1.54, 1.807) is 6.08 Å². The van der Waals surface area contributed by atoms with E-state index >= 15 is 0 Å². The number of hydrogen-bond donors (Lipinski definition) is 23. The molecular formula is C82H147Ac2N3O39-2. The summed E-state index contributed by atoms with van der Waals surface area (Å²) in [5.41, 5.74) is 19.4. The second-order valence-corrected chi connectivity index (χ2v) is 34.2. The standard InChI is InChI=1S/C82H147N3O39.2Ac/c1-5-7-9-11-13-15-17-19-21-23-25-27-29-31-43(91)42(85-50(92)32-30-28-26-24-22-20-18-16-14-12-10-8-6-2)38-109-77-67(107)62(102)69(46(35-88)117-77)119-82-68(108)74(124-76-52(84)73(123-81-66(106)61(101)56(96)45(34-87)114-81)71(48(37-90)116-76)120-78-63(103)58(98)53(93)40(3)111-78)57(97)49(118-82)39-110-75-51(83)72(122-79-64(104)59(99)54(94)41(4)112-79)70(47(36-89)115-75)121-80-65(105)60(100)55(95)44(33-86)113-80;;/h29,31,40-49,51-84,86-91,93-108H,5-28,30,32-39H2,1-4H3,(H,85,92);;/q-2;;/b31-29+;;/t40?,41?,42?,43?,44?,45?,46?,47?,48?,49?,51?,52?,53-,54-,55+,56+,57+,58?,59?,60?,61?,62?,63?,64?,65?,66?,67?,68?,69-,70-,71-,72?,73?,74?,75-,76+,77-,78+,79?,80+,81+,82+;;/m1../s1. The van der Waals surface area contributed by atoms with E-state index in [4.69, 9.17) is 75.8 Å². The number of rotatable bonds is 52. The Morgan fingerprint density at radius 1 is 0.333 bits per heavy atom. The third kappa shape index (κ3) is 32.3. The predicted molar refractivity (Wildman–Crippen MR) is 428 cm³/mol. The number of ether oxygens (including phenoxy) is 16. The molecule has 732 valence electrons. The van der Waals surface area contributed by atoms with Crippen LogP contribution in [0.3, 0.4) is 0 Å². The van der Waals surface area contributed by atoms with Crippen LogP contribution in [0.15, 0.2) is 12.2 Å². The van der Waals surface area contributed by atoms with Gasteiger partial charge >= 0.3 is 0 Å². The van der Waals surface area contributed by atoms with Gasteiger partial charge in [0, 0.05) is 94.5 Å². The Morgan fingerprint density at radius 3 is 1.10 bits per heavy atom. The van der Waals surface area contributed by atoms with Gasteiger partial charge in [-0.05, 0) is 33.1 Å². The average Bonchev–Trinajstić information content (AvgIpc) is 0.781. The Kier molecular flexibility index (Phi) is 54.0. The molecule has 8 fully saturated rings. The molecule has 1 amide bonds. The molecule has 25 N–H and O–H groups in total. The molecule has 0 aromatic rings. The number of nitrogens with one attached hydrogen (secondary N) is 3. The van der Waals surface area contributed by atoms with Crippen molar-refractivity contribution in [1.29, 1.82) is 0 Å². The second-order valence-electron chi connectivity index (χ2n) is 34.2. The summed E-state index contributed by atoms with van der Waals surface area (Å²) in [6.45, 7) is 0.163. The number of unbranched alkanes of at least 4 members (excludes halogenated alkanes) is 23. The number of carbonyl (C=O) groups excluding carboxylic acids is 1. The maximum Gasteiger partial charge on any atom is 0.220 e. The molecule has 0 aromatic heterocycles. The quantitative estimate of drug-likeness (QED) is 0.0206. The zero-order chi connectivity index (χ0) is 90.6. The molecule has 0 aromatic carbocycles. The van der Waals surface area contributed by atoms with Crippen LogP contribution in [-0.4, -0.2) is 422 Å². The van der Waals surface area contributed by atoms with Crippen molar-refractivity contribution in [2.24, 2.45) is 0 Å². The first-order chi connectivity index (χ1) is 59.4. The Hall–Kier alpha value is 0.493. The molecule has 8 aliphatic rings. The Labute approximate surface area is 807 Å². The number of carbonyl (C=O) groups is 1. The molecule has 27 unspecified atom stereocenters. The van der Waals surface area contributed by atoms with Gasteiger partial charge in [0.05, 0.1) is 82.8 Å². The number of amides is 1. The Balaban J connectivity index is 0.0000123. The van der Waals surface area contributed by atoms with Crippen molar-refractivity contribution in [3.8, 4) is 0 Å². The van der Waals surface area contributed by atoms with Crippen LogP contribution in [0.5, 0.6) is 0 Å². The fraction of sp³-hybridized carbons (Fsp3) is 0.963. The summed E-state index contributed by atoms with van der Waals surface area (Å²) in [7, 11) is 0. The summed E-state index contributed by atoms with van der Waals surface area (Å²) in [5.74, 6) is -0.399. The topological polar surface area (TPSA) is 669 Å². The minimum Gasteiger partial charge on any atom is -0.668 e. The molecule has 0 bridgehead atoms. The molecule has 42 atom stereocenters. The second kappa shape index (κ2) is 59.0. The normalized spacial score (nSPS) is 41.7. The summed E-state index contributed by atoms with van der Waals surface area (Å²) in [6.07, 6.45) is -45.2. The van der Waals surface area contributed by atoms with Crippen LogP contribution in [0.1, 0.15) is 195 Å². The van der Waals surface area contributed by atoms with Gasteiger partial charge in [-0.1, -0.05) is 179 Å². The smallest absolute Gasteiger partial charge is 0.220 e. The SMILES string of the molecule is CCCCCCCCCCCCC/C=C/C(O)C(CO[C@@H]1OC(CO)[C@@H](O[C@@H]2OC(CO[C@@H]3OC(CO)[C@@H](O[C@@H]4OC(CO)[C@H](O)C(O)C4O)C(OC4OC(C)[C@@H](O)C(O)C4O)C3[NH-])[C@H](O)C(O[C@@H]3OC(CO)[C@@H](O[C@@H]4OC(C)[C@@H](O)C(O)C4O)C(O[C@@H]4OC(CO)[C@H](O)C(O)C4O)C3[NH-])C2O)C(O)C1O)NC(=O)CCCCCCCCCCCCCCC.[Ac].[Ac]. The van der Waals surface area contributed by atoms with Crippen LogP contribution in [0, 0.1) is 88.1 Å². The Bertz CT molecular complexity index is 2950. The summed E-state index contributed by atoms with van der Waals surface area (Å²) >= 11 is 0. The van der Waals surface area contributed by atoms with Gasteiger partial charge in [0.2, 0.25) is 5.91 Å². The zero-order valence-electron chi connectivity index (χ0n) is 72.7. The number of hydrogen-bond acceptors (Lipinski definition) is 39. The predicted octanol–water partition coefficient (Wildman–Crippen LogP) is -3.67. The van der Waals surface area contributed by atoms with Crippen LogP contribution >= 0.6 is 0 Å². The van der Waals surface area contributed by atoms with E-state index in [2.05, 4.69) is 19.2 Å². The van der Waals surface area contributed by atoms with Gasteiger partial charge in [0.15, 0.2) is 37.7 Å². The van der Waals surface area contributed by atoms with E-state index < -0.39 is 310 Å². The van der Waals surface area contributed by atoms with E-state index in [1.807, 2.05) is 0 Å². The third-order valence-corrected chi connectivity index (χ3v) is 24.6. The van der Waals surface area contributed by atoms with Crippen molar-refractivity contribution < 1.29 is 281 Å². The summed E-state index contributed by atoms with van der Waals surface area (Å²) in [6, 6.07) is -5.41. The fourth-order valence-corrected chi connectivity index (χ4v) is 16.7. The Morgan fingerprint density at radius 2 is 0.659 bits per heavy atom. The molecular weight excluding hydrogens is 2100 g/mol. The molecule has 0 saturated carbocycles. The van der Waals surface area contributed by atoms with Crippen LogP contribution in [0.4, 0.5) is 0 Å². The van der Waals surface area contributed by atoms with Crippen LogP contribution in [-0.2, 0) is 80.6 Å². The monoisotopic (exact) mass is 2250 g/mol. The van der Waals surface area contributed by atoms with Gasteiger partial charge in [0.25, 0.3) is 0 Å². The van der Waals surface area contributed by atoms with Crippen molar-refractivity contribution >= 4 is 5.91 Å². The van der Waals surface area contributed by atoms with E-state index in [9.17, 15) is 129 Å². The van der Waals surface area contributed by atoms with Gasteiger partial charge in [-0.15, -0.1) is 0 Å². The molecule has 8 heterocycles. The summed E-state index contributed by atoms with van der Waals surface area (Å²) in [5, 5.41) is 248. The molecule has 42 nitrogen and oxygen atoms in total. The van der Waals surface area contributed by atoms with Crippen LogP contribution in [0.25, 0.3) is 11.5 Å². The zero-order valence-corrected chi connectivity index (χ0v) is 82.2. The molecule has 44 heteroatoms. The number of aliphatic hydroxyl groups excluding tert-OH is 22. The van der Waals surface area contributed by atoms with Crippen molar-refractivity contribution in [3.63, 3.8) is 0 Å². The third-order valence-electron chi connectivity index (χ3n) is 24.6. The van der Waals surface area contributed by atoms with Crippen molar-refractivity contribution in [3.05, 3.63) is 23.6 Å². The summed E-state index contributed by atoms with van der Waals surface area (Å²) in [4.78, 5) is 13.7. The van der Waals surface area contributed by atoms with E-state index in [-0.39, 0.29) is 94.5 Å². The molecule has 0 spiro atoms. The van der Waals surface area contributed by atoms with Gasteiger partial charge in [0.1, 0.15) is 171 Å². The molecule has 8 aliphatic heterocycles. The van der Waals surface area contributed by atoms with Crippen LogP contribution < -0.4 is 5.32 Å². The van der Waals surface area contributed by atoms with Crippen LogP contribution in [0.2, 0.25) is 0 Å². The van der Waals surface area contributed by atoms with Gasteiger partial charge in [-0.2, -0.15) is 0 Å². The van der Waals surface area contributed by atoms with Crippen molar-refractivity contribution in [2.45, 2.75) is 452 Å². The molecule has 0 aliphatic carbocycles. The van der Waals surface area contributed by atoms with E-state index in [1.165, 1.54) is 103 Å². The minimum absolute atomic E-state index is 0. The van der Waals surface area contributed by atoms with Gasteiger partial charge in [-0.25, -0.2) is 0 Å². The maximum atomic E-state index is 13.7. The minimum atomic E-state index is -2.43. The first-order valence-electron chi connectivity index (χ1n) is 44.8. The largest absolute Gasteiger partial charge is 0.668 e. The van der Waals surface area contributed by atoms with Crippen molar-refractivity contribution in [2.75, 3.05) is 46.2 Å². The number of allylic oxidation sites excluding steroid dienone is 1. The van der Waals surface area contributed by atoms with E-state index in [0.717, 1.165) is 64.2 Å². The first-order valence-corrected chi connectivity index (χ1v) is 44.8.